The number of hydrogen-bond acceptors (Lipinski definition) is 6. The van der Waals surface area contributed by atoms with Gasteiger partial charge in [0, 0.05) is 19.5 Å². The van der Waals surface area contributed by atoms with Gasteiger partial charge in [-0.1, -0.05) is 65.0 Å². The summed E-state index contributed by atoms with van der Waals surface area (Å²) in [5, 5.41) is 12.6. The maximum Gasteiger partial charge on any atom is 0.252 e. The summed E-state index contributed by atoms with van der Waals surface area (Å²) in [6.45, 7) is 9.89. The van der Waals surface area contributed by atoms with E-state index in [1.807, 2.05) is 65.0 Å². The smallest absolute Gasteiger partial charge is 0.252 e. The highest BCUT2D eigenvalue weighted by Gasteiger charge is 2.35. The standard InChI is InChI=1S/C26H46N4O5S/c1-20(2)14-15-29(36(8,34)35)18-23(31)22(16-21-12-10-9-11-13-21)30(25(33)17-26(3,4)5)27-24(32)19-28(6)7/h9-13,20,22-23,31H,14-19H2,1-8H3,(H,27,32)/t22?,23-/m1/s1. The van der Waals surface area contributed by atoms with Crippen molar-refractivity contribution in [1.82, 2.24) is 19.6 Å². The van der Waals surface area contributed by atoms with Gasteiger partial charge in [-0.2, -0.15) is 4.31 Å². The molecule has 0 fully saturated rings. The van der Waals surface area contributed by atoms with Crippen molar-refractivity contribution in [3.8, 4) is 0 Å². The van der Waals surface area contributed by atoms with E-state index in [9.17, 15) is 23.1 Å². The van der Waals surface area contributed by atoms with Gasteiger partial charge in [-0.05, 0) is 43.8 Å². The summed E-state index contributed by atoms with van der Waals surface area (Å²) >= 11 is 0. The number of hydrogen-bond donors (Lipinski definition) is 2. The Kier molecular flexibility index (Phi) is 12.5. The summed E-state index contributed by atoms with van der Waals surface area (Å²) in [7, 11) is -0.108. The van der Waals surface area contributed by atoms with Crippen LogP contribution in [-0.4, -0.2) is 91.7 Å². The number of rotatable bonds is 13. The minimum absolute atomic E-state index is 0.0529. The Morgan fingerprint density at radius 3 is 2.14 bits per heavy atom. The molecule has 2 N–H and O–H groups in total. The van der Waals surface area contributed by atoms with E-state index in [1.165, 1.54) is 9.31 Å². The molecule has 10 heteroatoms. The van der Waals surface area contributed by atoms with E-state index in [-0.39, 0.29) is 49.7 Å². The van der Waals surface area contributed by atoms with Gasteiger partial charge in [-0.25, -0.2) is 13.4 Å². The van der Waals surface area contributed by atoms with Crippen molar-refractivity contribution in [3.05, 3.63) is 35.9 Å². The van der Waals surface area contributed by atoms with Crippen LogP contribution in [0.5, 0.6) is 0 Å². The molecule has 0 saturated carbocycles. The summed E-state index contributed by atoms with van der Waals surface area (Å²) in [6, 6.07) is 8.46. The van der Waals surface area contributed by atoms with Crippen LogP contribution in [0.15, 0.2) is 30.3 Å². The first-order chi connectivity index (χ1) is 16.5. The lowest BCUT2D eigenvalue weighted by Crippen LogP contribution is -2.60. The first-order valence-corrected chi connectivity index (χ1v) is 14.3. The molecule has 0 spiro atoms. The van der Waals surface area contributed by atoms with Crippen LogP contribution in [0.4, 0.5) is 0 Å². The third kappa shape index (κ3) is 12.3. The molecule has 0 bridgehead atoms. The highest BCUT2D eigenvalue weighted by atomic mass is 32.2. The molecule has 0 heterocycles. The molecule has 0 radical (unpaired) electrons. The van der Waals surface area contributed by atoms with Gasteiger partial charge in [-0.3, -0.25) is 15.0 Å². The number of benzene rings is 1. The molecule has 2 amide bonds. The Balaban J connectivity index is 3.42. The number of aliphatic hydroxyl groups is 1. The van der Waals surface area contributed by atoms with E-state index in [4.69, 9.17) is 0 Å². The van der Waals surface area contributed by atoms with Gasteiger partial charge in [0.25, 0.3) is 5.91 Å². The average molecular weight is 527 g/mol. The molecule has 9 nitrogen and oxygen atoms in total. The Bertz CT molecular complexity index is 929. The molecular formula is C26H46N4O5S. The predicted octanol–water partition coefficient (Wildman–Crippen LogP) is 2.12. The van der Waals surface area contributed by atoms with Crippen molar-refractivity contribution in [2.45, 2.75) is 66.0 Å². The zero-order chi connectivity index (χ0) is 27.7. The van der Waals surface area contributed by atoms with E-state index in [2.05, 4.69) is 5.43 Å². The Morgan fingerprint density at radius 2 is 1.67 bits per heavy atom. The SMILES string of the molecule is CC(C)CCN(C[C@@H](O)C(Cc1ccccc1)N(NC(=O)CN(C)C)C(=O)CC(C)(C)C)S(C)(=O)=O. The van der Waals surface area contributed by atoms with Crippen LogP contribution in [-0.2, 0) is 26.0 Å². The Hall–Kier alpha value is -2.01. The van der Waals surface area contributed by atoms with Crippen molar-refractivity contribution >= 4 is 21.8 Å². The number of hydrazine groups is 1. The maximum atomic E-state index is 13.5. The van der Waals surface area contributed by atoms with Crippen molar-refractivity contribution in [3.63, 3.8) is 0 Å². The number of nitrogens with one attached hydrogen (secondary N) is 1. The van der Waals surface area contributed by atoms with Gasteiger partial charge in [0.15, 0.2) is 0 Å². The molecule has 0 aromatic heterocycles. The summed E-state index contributed by atoms with van der Waals surface area (Å²) in [5.74, 6) is -0.461. The molecule has 36 heavy (non-hydrogen) atoms. The van der Waals surface area contributed by atoms with Gasteiger partial charge in [-0.15, -0.1) is 0 Å². The zero-order valence-electron chi connectivity index (χ0n) is 23.2. The topological polar surface area (TPSA) is 110 Å². The van der Waals surface area contributed by atoms with Crippen LogP contribution < -0.4 is 5.43 Å². The van der Waals surface area contributed by atoms with Crippen molar-refractivity contribution in [2.24, 2.45) is 11.3 Å². The quantitative estimate of drug-likeness (QED) is 0.381. The molecular weight excluding hydrogens is 480 g/mol. The van der Waals surface area contributed by atoms with Crippen molar-refractivity contribution in [2.75, 3.05) is 40.0 Å². The lowest BCUT2D eigenvalue weighted by atomic mass is 9.91. The van der Waals surface area contributed by atoms with Crippen LogP contribution >= 0.6 is 0 Å². The molecule has 1 unspecified atom stereocenters. The summed E-state index contributed by atoms with van der Waals surface area (Å²) < 4.78 is 26.3. The fourth-order valence-corrected chi connectivity index (χ4v) is 4.57. The van der Waals surface area contributed by atoms with Gasteiger partial charge >= 0.3 is 0 Å². The van der Waals surface area contributed by atoms with E-state index in [0.29, 0.717) is 6.42 Å². The second-order valence-electron chi connectivity index (χ2n) is 11.4. The summed E-state index contributed by atoms with van der Waals surface area (Å²) in [4.78, 5) is 27.9. The second kappa shape index (κ2) is 14.1. The van der Waals surface area contributed by atoms with Crippen LogP contribution in [0.1, 0.15) is 53.0 Å². The zero-order valence-corrected chi connectivity index (χ0v) is 24.0. The van der Waals surface area contributed by atoms with Crippen molar-refractivity contribution < 1.29 is 23.1 Å². The second-order valence-corrected chi connectivity index (χ2v) is 13.4. The minimum atomic E-state index is -3.60. The number of nitrogens with zero attached hydrogens (tertiary/aromatic N) is 3. The number of carbonyl (C=O) groups is 2. The highest BCUT2D eigenvalue weighted by Crippen LogP contribution is 2.22. The Labute approximate surface area is 217 Å². The molecule has 1 rings (SSSR count). The number of likely N-dealkylation sites (N-methyl/N-ethyl adjacent to an activating group) is 1. The summed E-state index contributed by atoms with van der Waals surface area (Å²) in [5.41, 5.74) is 3.20. The molecule has 0 saturated heterocycles. The van der Waals surface area contributed by atoms with E-state index < -0.39 is 28.1 Å². The van der Waals surface area contributed by atoms with Crippen LogP contribution in [0.25, 0.3) is 0 Å². The van der Waals surface area contributed by atoms with Crippen LogP contribution in [0.2, 0.25) is 0 Å². The fourth-order valence-electron chi connectivity index (χ4n) is 3.71. The summed E-state index contributed by atoms with van der Waals surface area (Å²) in [6.07, 6.45) is 0.886. The highest BCUT2D eigenvalue weighted by molar-refractivity contribution is 7.88. The van der Waals surface area contributed by atoms with E-state index in [0.717, 1.165) is 11.8 Å². The lowest BCUT2D eigenvalue weighted by molar-refractivity contribution is -0.149. The number of aliphatic hydroxyl groups excluding tert-OH is 1. The molecule has 1 aromatic rings. The average Bonchev–Trinajstić information content (AvgIpc) is 2.71. The van der Waals surface area contributed by atoms with Crippen LogP contribution in [0, 0.1) is 11.3 Å². The minimum Gasteiger partial charge on any atom is -0.390 e. The predicted molar refractivity (Wildman–Crippen MR) is 143 cm³/mol. The molecule has 0 aliphatic carbocycles. The first-order valence-electron chi connectivity index (χ1n) is 12.4. The largest absolute Gasteiger partial charge is 0.390 e. The molecule has 2 atom stereocenters. The van der Waals surface area contributed by atoms with E-state index in [1.54, 1.807) is 19.0 Å². The molecule has 0 aliphatic rings. The maximum absolute atomic E-state index is 13.5. The van der Waals surface area contributed by atoms with Gasteiger partial charge in [0.1, 0.15) is 0 Å². The third-order valence-corrected chi connectivity index (χ3v) is 6.80. The number of carbonyl (C=O) groups excluding carboxylic acids is 2. The number of amides is 2. The van der Waals surface area contributed by atoms with E-state index >= 15 is 0 Å². The normalized spacial score (nSPS) is 14.2. The van der Waals surface area contributed by atoms with Gasteiger partial charge < -0.3 is 10.0 Å². The van der Waals surface area contributed by atoms with Gasteiger partial charge in [0.05, 0.1) is 24.9 Å². The van der Waals surface area contributed by atoms with Crippen molar-refractivity contribution in [1.29, 1.82) is 0 Å². The molecule has 1 aromatic carbocycles. The van der Waals surface area contributed by atoms with Gasteiger partial charge in [0.2, 0.25) is 15.9 Å². The monoisotopic (exact) mass is 526 g/mol. The Morgan fingerprint density at radius 1 is 1.08 bits per heavy atom. The lowest BCUT2D eigenvalue weighted by Gasteiger charge is -2.38. The number of sulfonamides is 1. The molecule has 206 valence electrons. The van der Waals surface area contributed by atoms with Crippen LogP contribution in [0.3, 0.4) is 0 Å². The molecule has 0 aliphatic heterocycles. The first kappa shape index (κ1) is 32.0. The third-order valence-electron chi connectivity index (χ3n) is 5.53. The fraction of sp³-hybridized carbons (Fsp3) is 0.692.